The van der Waals surface area contributed by atoms with Gasteiger partial charge >= 0.3 is 0 Å². The topological polar surface area (TPSA) is 35.8 Å². The Hall–Kier alpha value is -0.560. The van der Waals surface area contributed by atoms with Gasteiger partial charge in [-0.05, 0) is 18.1 Å². The standard InChI is InChI=1S/C11H15ClN2S/c1-8(2)9(5-13)6-14-7-10-3-4-11(12)15-10/h3-4,8-9,14H,6-7H2,1-2H3. The smallest absolute Gasteiger partial charge is 0.0931 e. The van der Waals surface area contributed by atoms with Crippen molar-refractivity contribution in [3.63, 3.8) is 0 Å². The molecule has 0 saturated carbocycles. The van der Waals surface area contributed by atoms with E-state index in [-0.39, 0.29) is 5.92 Å². The van der Waals surface area contributed by atoms with Crippen molar-refractivity contribution < 1.29 is 0 Å². The van der Waals surface area contributed by atoms with Crippen molar-refractivity contribution in [2.45, 2.75) is 20.4 Å². The van der Waals surface area contributed by atoms with Crippen LogP contribution in [0, 0.1) is 23.2 Å². The summed E-state index contributed by atoms with van der Waals surface area (Å²) < 4.78 is 0.812. The monoisotopic (exact) mass is 242 g/mol. The van der Waals surface area contributed by atoms with E-state index in [4.69, 9.17) is 16.9 Å². The first-order valence-corrected chi connectivity index (χ1v) is 6.17. The van der Waals surface area contributed by atoms with Crippen molar-refractivity contribution in [3.8, 4) is 6.07 Å². The molecule has 0 fully saturated rings. The Morgan fingerprint density at radius 3 is 2.73 bits per heavy atom. The summed E-state index contributed by atoms with van der Waals surface area (Å²) >= 11 is 7.39. The van der Waals surface area contributed by atoms with E-state index in [0.29, 0.717) is 5.92 Å². The largest absolute Gasteiger partial charge is 0.311 e. The lowest BCUT2D eigenvalue weighted by atomic mass is 9.98. The van der Waals surface area contributed by atoms with Gasteiger partial charge in [0.25, 0.3) is 0 Å². The van der Waals surface area contributed by atoms with Gasteiger partial charge in [-0.25, -0.2) is 0 Å². The molecule has 0 aliphatic rings. The van der Waals surface area contributed by atoms with Crippen LogP contribution in [-0.4, -0.2) is 6.54 Å². The number of hydrogen-bond donors (Lipinski definition) is 1. The van der Waals surface area contributed by atoms with Gasteiger partial charge in [0.15, 0.2) is 0 Å². The van der Waals surface area contributed by atoms with Gasteiger partial charge in [-0.1, -0.05) is 25.4 Å². The van der Waals surface area contributed by atoms with Crippen molar-refractivity contribution in [1.29, 1.82) is 5.26 Å². The van der Waals surface area contributed by atoms with Crippen molar-refractivity contribution in [2.75, 3.05) is 6.54 Å². The molecule has 0 bridgehead atoms. The molecule has 0 spiro atoms. The highest BCUT2D eigenvalue weighted by atomic mass is 35.5. The SMILES string of the molecule is CC(C)C(C#N)CNCc1ccc(Cl)s1. The zero-order chi connectivity index (χ0) is 11.3. The van der Waals surface area contributed by atoms with Crippen LogP contribution in [0.4, 0.5) is 0 Å². The fraction of sp³-hybridized carbons (Fsp3) is 0.545. The molecule has 0 amide bonds. The highest BCUT2D eigenvalue weighted by Gasteiger charge is 2.11. The summed E-state index contributed by atoms with van der Waals surface area (Å²) in [6.45, 7) is 5.67. The predicted molar refractivity (Wildman–Crippen MR) is 65.0 cm³/mol. The Morgan fingerprint density at radius 2 is 2.27 bits per heavy atom. The molecule has 1 N–H and O–H groups in total. The van der Waals surface area contributed by atoms with Gasteiger partial charge in [-0.3, -0.25) is 0 Å². The van der Waals surface area contributed by atoms with E-state index in [9.17, 15) is 0 Å². The highest BCUT2D eigenvalue weighted by Crippen LogP contribution is 2.21. The normalized spacial score (nSPS) is 12.7. The maximum atomic E-state index is 8.89. The van der Waals surface area contributed by atoms with Crippen LogP contribution in [0.25, 0.3) is 0 Å². The Morgan fingerprint density at radius 1 is 1.53 bits per heavy atom. The second-order valence-corrected chi connectivity index (χ2v) is 5.62. The molecule has 0 radical (unpaired) electrons. The minimum atomic E-state index is 0.0837. The summed E-state index contributed by atoms with van der Waals surface area (Å²) in [5, 5.41) is 12.2. The van der Waals surface area contributed by atoms with Crippen LogP contribution in [0.2, 0.25) is 4.34 Å². The lowest BCUT2D eigenvalue weighted by Gasteiger charge is -2.12. The summed E-state index contributed by atoms with van der Waals surface area (Å²) in [7, 11) is 0. The number of nitrogens with one attached hydrogen (secondary N) is 1. The average molecular weight is 243 g/mol. The second-order valence-electron chi connectivity index (χ2n) is 3.82. The Labute approximate surface area is 99.9 Å². The Balaban J connectivity index is 2.30. The zero-order valence-electron chi connectivity index (χ0n) is 8.96. The van der Waals surface area contributed by atoms with Crippen molar-refractivity contribution in [1.82, 2.24) is 5.32 Å². The summed E-state index contributed by atoms with van der Waals surface area (Å²) in [6.07, 6.45) is 0. The van der Waals surface area contributed by atoms with Crippen LogP contribution in [0.5, 0.6) is 0 Å². The molecule has 1 atom stereocenters. The van der Waals surface area contributed by atoms with E-state index in [2.05, 4.69) is 25.2 Å². The Kier molecular flexibility index (Phi) is 5.10. The van der Waals surface area contributed by atoms with Gasteiger partial charge in [0, 0.05) is 18.0 Å². The molecule has 2 nitrogen and oxygen atoms in total. The molecule has 0 aliphatic heterocycles. The fourth-order valence-corrected chi connectivity index (χ4v) is 2.29. The molecule has 15 heavy (non-hydrogen) atoms. The van der Waals surface area contributed by atoms with E-state index < -0.39 is 0 Å². The van der Waals surface area contributed by atoms with Gasteiger partial charge in [0.05, 0.1) is 16.3 Å². The van der Waals surface area contributed by atoms with Crippen LogP contribution < -0.4 is 5.32 Å². The number of hydrogen-bond acceptors (Lipinski definition) is 3. The second kappa shape index (κ2) is 6.12. The molecule has 4 heteroatoms. The van der Waals surface area contributed by atoms with Crippen molar-refractivity contribution >= 4 is 22.9 Å². The summed E-state index contributed by atoms with van der Waals surface area (Å²) in [5.41, 5.74) is 0. The summed E-state index contributed by atoms with van der Waals surface area (Å²) in [5.74, 6) is 0.481. The minimum Gasteiger partial charge on any atom is -0.311 e. The molecule has 1 heterocycles. The summed E-state index contributed by atoms with van der Waals surface area (Å²) in [6, 6.07) is 6.21. The number of halogens is 1. The van der Waals surface area contributed by atoms with E-state index in [1.165, 1.54) is 4.88 Å². The number of rotatable bonds is 5. The molecule has 1 unspecified atom stereocenters. The molecular formula is C11H15ClN2S. The van der Waals surface area contributed by atoms with Crippen LogP contribution in [0.3, 0.4) is 0 Å². The number of thiophene rings is 1. The lowest BCUT2D eigenvalue weighted by Crippen LogP contribution is -2.24. The lowest BCUT2D eigenvalue weighted by molar-refractivity contribution is 0.443. The molecule has 82 valence electrons. The van der Waals surface area contributed by atoms with E-state index >= 15 is 0 Å². The maximum Gasteiger partial charge on any atom is 0.0931 e. The van der Waals surface area contributed by atoms with E-state index in [1.54, 1.807) is 11.3 Å². The van der Waals surface area contributed by atoms with E-state index in [1.807, 2.05) is 12.1 Å². The number of nitrogens with zero attached hydrogens (tertiary/aromatic N) is 1. The van der Waals surface area contributed by atoms with Gasteiger partial charge in [0.2, 0.25) is 0 Å². The third-order valence-electron chi connectivity index (χ3n) is 2.26. The van der Waals surface area contributed by atoms with Crippen molar-refractivity contribution in [2.24, 2.45) is 11.8 Å². The van der Waals surface area contributed by atoms with Gasteiger partial charge in [-0.2, -0.15) is 5.26 Å². The van der Waals surface area contributed by atoms with Crippen LogP contribution in [-0.2, 0) is 6.54 Å². The molecule has 1 aromatic rings. The Bertz CT molecular complexity index is 341. The average Bonchev–Trinajstić information content (AvgIpc) is 2.58. The first-order valence-electron chi connectivity index (χ1n) is 4.98. The van der Waals surface area contributed by atoms with Gasteiger partial charge in [-0.15, -0.1) is 11.3 Å². The van der Waals surface area contributed by atoms with Crippen LogP contribution >= 0.6 is 22.9 Å². The van der Waals surface area contributed by atoms with Crippen LogP contribution in [0.1, 0.15) is 18.7 Å². The van der Waals surface area contributed by atoms with E-state index in [0.717, 1.165) is 17.4 Å². The molecule has 0 aliphatic carbocycles. The zero-order valence-corrected chi connectivity index (χ0v) is 10.5. The minimum absolute atomic E-state index is 0.0837. The molecule has 1 rings (SSSR count). The molecular weight excluding hydrogens is 228 g/mol. The first-order chi connectivity index (χ1) is 7.13. The maximum absolute atomic E-state index is 8.89. The third kappa shape index (κ3) is 4.21. The first kappa shape index (κ1) is 12.5. The van der Waals surface area contributed by atoms with Gasteiger partial charge in [0.1, 0.15) is 0 Å². The van der Waals surface area contributed by atoms with Crippen molar-refractivity contribution in [3.05, 3.63) is 21.3 Å². The number of nitriles is 1. The van der Waals surface area contributed by atoms with Crippen LogP contribution in [0.15, 0.2) is 12.1 Å². The third-order valence-corrected chi connectivity index (χ3v) is 3.49. The molecule has 1 aromatic heterocycles. The predicted octanol–water partition coefficient (Wildman–Crippen LogP) is 3.29. The van der Waals surface area contributed by atoms with Gasteiger partial charge < -0.3 is 5.32 Å². The quantitative estimate of drug-likeness (QED) is 0.860. The summed E-state index contributed by atoms with van der Waals surface area (Å²) in [4.78, 5) is 1.21. The highest BCUT2D eigenvalue weighted by molar-refractivity contribution is 7.16. The fourth-order valence-electron chi connectivity index (χ4n) is 1.23. The molecule has 0 saturated heterocycles. The molecule has 0 aromatic carbocycles.